The minimum absolute atomic E-state index is 0.0327. The van der Waals surface area contributed by atoms with Crippen LogP contribution in [0, 0.1) is 11.8 Å². The first-order chi connectivity index (χ1) is 17.3. The summed E-state index contributed by atoms with van der Waals surface area (Å²) >= 11 is 0. The number of benzene rings is 3. The maximum absolute atomic E-state index is 13.2. The van der Waals surface area contributed by atoms with Crippen LogP contribution in [0.2, 0.25) is 18.6 Å². The van der Waals surface area contributed by atoms with E-state index in [2.05, 4.69) is 130 Å². The summed E-state index contributed by atoms with van der Waals surface area (Å²) in [6, 6.07) is 32.4. The van der Waals surface area contributed by atoms with Crippen LogP contribution in [0.1, 0.15) is 38.3 Å². The Hall–Kier alpha value is -2.69. The van der Waals surface area contributed by atoms with Gasteiger partial charge in [0, 0.05) is 24.7 Å². The molecule has 0 radical (unpaired) electrons. The van der Waals surface area contributed by atoms with Gasteiger partial charge in [-0.1, -0.05) is 130 Å². The van der Waals surface area contributed by atoms with Crippen LogP contribution < -0.4 is 5.19 Å². The quantitative estimate of drug-likeness (QED) is 0.231. The summed E-state index contributed by atoms with van der Waals surface area (Å²) in [5.74, 6) is 0.359. The molecule has 4 heteroatoms. The summed E-state index contributed by atoms with van der Waals surface area (Å²) in [6.45, 7) is 13.2. The van der Waals surface area contributed by atoms with Crippen LogP contribution in [-0.2, 0) is 22.6 Å². The van der Waals surface area contributed by atoms with Crippen molar-refractivity contribution in [2.45, 2.75) is 71.1 Å². The number of esters is 1. The molecule has 1 aliphatic rings. The number of carbonyl (C=O) groups is 1. The van der Waals surface area contributed by atoms with E-state index in [-0.39, 0.29) is 29.6 Å². The van der Waals surface area contributed by atoms with Crippen molar-refractivity contribution in [3.8, 4) is 0 Å². The summed E-state index contributed by atoms with van der Waals surface area (Å²) in [5.41, 5.74) is 2.79. The lowest BCUT2D eigenvalue weighted by molar-refractivity contribution is -0.146. The molecule has 4 rings (SSSR count). The SMILES string of the molecule is CC(C)C[C@@H]([C@H]1OC(=O)[C@H](C)[C@@H]1[Si](C)(C)c1ccccc1)N(Cc1ccccc1)Cc1ccccc1. The fourth-order valence-electron chi connectivity index (χ4n) is 6.06. The first-order valence-electron chi connectivity index (χ1n) is 13.3. The summed E-state index contributed by atoms with van der Waals surface area (Å²) in [4.78, 5) is 15.8. The Kier molecular flexibility index (Phi) is 8.48. The van der Waals surface area contributed by atoms with Crippen molar-refractivity contribution in [2.75, 3.05) is 0 Å². The Labute approximate surface area is 218 Å². The van der Waals surface area contributed by atoms with E-state index in [9.17, 15) is 4.79 Å². The lowest BCUT2D eigenvalue weighted by Crippen LogP contribution is -2.55. The zero-order valence-electron chi connectivity index (χ0n) is 22.4. The Morgan fingerprint density at radius 1 is 0.806 bits per heavy atom. The van der Waals surface area contributed by atoms with E-state index >= 15 is 0 Å². The maximum Gasteiger partial charge on any atom is 0.309 e. The first-order valence-corrected chi connectivity index (χ1v) is 16.4. The van der Waals surface area contributed by atoms with Crippen LogP contribution in [0.3, 0.4) is 0 Å². The number of rotatable bonds is 10. The molecule has 0 N–H and O–H groups in total. The average Bonchev–Trinajstić information content (AvgIpc) is 3.18. The molecule has 3 nitrogen and oxygen atoms in total. The van der Waals surface area contributed by atoms with E-state index in [4.69, 9.17) is 4.74 Å². The van der Waals surface area contributed by atoms with Gasteiger partial charge in [0.05, 0.1) is 14.0 Å². The monoisotopic (exact) mass is 499 g/mol. The summed E-state index contributed by atoms with van der Waals surface area (Å²) < 4.78 is 6.37. The molecule has 4 atom stereocenters. The number of hydrogen-bond donors (Lipinski definition) is 0. The van der Waals surface area contributed by atoms with Gasteiger partial charge in [0.15, 0.2) is 0 Å². The molecular weight excluding hydrogens is 458 g/mol. The molecule has 0 spiro atoms. The molecule has 1 heterocycles. The van der Waals surface area contributed by atoms with Crippen molar-refractivity contribution in [3.05, 3.63) is 102 Å². The predicted molar refractivity (Wildman–Crippen MR) is 152 cm³/mol. The van der Waals surface area contributed by atoms with E-state index in [1.165, 1.54) is 16.3 Å². The zero-order chi connectivity index (χ0) is 25.7. The highest BCUT2D eigenvalue weighted by atomic mass is 28.3. The second-order valence-corrected chi connectivity index (χ2v) is 16.1. The van der Waals surface area contributed by atoms with Gasteiger partial charge in [-0.25, -0.2) is 0 Å². The van der Waals surface area contributed by atoms with Crippen LogP contribution in [0.25, 0.3) is 0 Å². The molecule has 0 aromatic heterocycles. The van der Waals surface area contributed by atoms with E-state index in [1.54, 1.807) is 0 Å². The molecule has 190 valence electrons. The van der Waals surface area contributed by atoms with E-state index in [0.717, 1.165) is 19.5 Å². The number of ether oxygens (including phenoxy) is 1. The zero-order valence-corrected chi connectivity index (χ0v) is 23.4. The normalized spacial score (nSPS) is 21.1. The Morgan fingerprint density at radius 2 is 1.28 bits per heavy atom. The molecule has 0 unspecified atom stereocenters. The first kappa shape index (κ1) is 26.4. The molecular formula is C32H41NO2Si. The highest BCUT2D eigenvalue weighted by Crippen LogP contribution is 2.45. The van der Waals surface area contributed by atoms with Crippen molar-refractivity contribution in [1.29, 1.82) is 0 Å². The Morgan fingerprint density at radius 3 is 1.75 bits per heavy atom. The minimum atomic E-state index is -2.03. The van der Waals surface area contributed by atoms with Crippen molar-refractivity contribution in [1.82, 2.24) is 4.90 Å². The molecule has 1 fully saturated rings. The van der Waals surface area contributed by atoms with E-state index < -0.39 is 8.07 Å². The summed E-state index contributed by atoms with van der Waals surface area (Å²) in [5, 5.41) is 1.39. The van der Waals surface area contributed by atoms with Gasteiger partial charge in [-0.15, -0.1) is 0 Å². The molecule has 0 aliphatic carbocycles. The standard InChI is InChI=1S/C32H41NO2Si/c1-24(2)21-29(33(22-26-15-9-6-10-16-26)23-27-17-11-7-12-18-27)30-31(25(3)32(34)35-30)36(4,5)28-19-13-8-14-20-28/h6-20,24-25,29-31H,21-23H2,1-5H3/t25-,29+,30-,31+/m1/s1. The number of hydrogen-bond acceptors (Lipinski definition) is 3. The van der Waals surface area contributed by atoms with Gasteiger partial charge in [0.2, 0.25) is 0 Å². The Balaban J connectivity index is 1.76. The largest absolute Gasteiger partial charge is 0.460 e. The van der Waals surface area contributed by atoms with Gasteiger partial charge in [0.1, 0.15) is 6.10 Å². The second-order valence-electron chi connectivity index (χ2n) is 11.4. The van der Waals surface area contributed by atoms with Gasteiger partial charge in [-0.3, -0.25) is 9.69 Å². The fraction of sp³-hybridized carbons (Fsp3) is 0.406. The van der Waals surface area contributed by atoms with Gasteiger partial charge in [-0.2, -0.15) is 0 Å². The molecule has 3 aromatic carbocycles. The lowest BCUT2D eigenvalue weighted by atomic mass is 9.92. The number of cyclic esters (lactones) is 1. The fourth-order valence-corrected chi connectivity index (χ4v) is 9.99. The minimum Gasteiger partial charge on any atom is -0.460 e. The average molecular weight is 500 g/mol. The van der Waals surface area contributed by atoms with E-state index in [0.29, 0.717) is 5.92 Å². The van der Waals surface area contributed by atoms with Crippen LogP contribution in [0.5, 0.6) is 0 Å². The maximum atomic E-state index is 13.2. The Bertz CT molecular complexity index is 1060. The highest BCUT2D eigenvalue weighted by molar-refractivity contribution is 6.91. The van der Waals surface area contributed by atoms with Crippen molar-refractivity contribution in [3.63, 3.8) is 0 Å². The van der Waals surface area contributed by atoms with Crippen LogP contribution in [0.4, 0.5) is 0 Å². The third kappa shape index (κ3) is 5.99. The van der Waals surface area contributed by atoms with Crippen molar-refractivity contribution < 1.29 is 9.53 Å². The van der Waals surface area contributed by atoms with Crippen LogP contribution in [-0.4, -0.2) is 31.1 Å². The van der Waals surface area contributed by atoms with Crippen LogP contribution >= 0.6 is 0 Å². The van der Waals surface area contributed by atoms with Crippen molar-refractivity contribution >= 4 is 19.2 Å². The second kappa shape index (κ2) is 11.6. The molecule has 1 aliphatic heterocycles. The van der Waals surface area contributed by atoms with Gasteiger partial charge >= 0.3 is 5.97 Å². The van der Waals surface area contributed by atoms with Crippen LogP contribution in [0.15, 0.2) is 91.0 Å². The van der Waals surface area contributed by atoms with E-state index in [1.807, 2.05) is 0 Å². The third-order valence-electron chi connectivity index (χ3n) is 7.89. The topological polar surface area (TPSA) is 29.5 Å². The molecule has 1 saturated heterocycles. The molecule has 0 bridgehead atoms. The van der Waals surface area contributed by atoms with Gasteiger partial charge < -0.3 is 4.74 Å². The lowest BCUT2D eigenvalue weighted by Gasteiger charge is -2.42. The summed E-state index contributed by atoms with van der Waals surface area (Å²) in [6.07, 6.45) is 0.865. The number of carbonyl (C=O) groups excluding carboxylic acids is 1. The molecule has 0 saturated carbocycles. The predicted octanol–water partition coefficient (Wildman–Crippen LogP) is 6.65. The smallest absolute Gasteiger partial charge is 0.309 e. The number of nitrogens with zero attached hydrogens (tertiary/aromatic N) is 1. The summed E-state index contributed by atoms with van der Waals surface area (Å²) in [7, 11) is -2.03. The highest BCUT2D eigenvalue weighted by Gasteiger charge is 2.54. The van der Waals surface area contributed by atoms with Gasteiger partial charge in [-0.05, 0) is 23.5 Å². The molecule has 0 amide bonds. The van der Waals surface area contributed by atoms with Gasteiger partial charge in [0.25, 0.3) is 0 Å². The molecule has 3 aromatic rings. The third-order valence-corrected chi connectivity index (χ3v) is 12.2. The van der Waals surface area contributed by atoms with Crippen molar-refractivity contribution in [2.24, 2.45) is 11.8 Å². The molecule has 36 heavy (non-hydrogen) atoms.